The summed E-state index contributed by atoms with van der Waals surface area (Å²) < 4.78 is 0. The average molecular weight is 332 g/mol. The number of hydrogen-bond acceptors (Lipinski definition) is 3. The Morgan fingerprint density at radius 2 is 1.75 bits per heavy atom. The monoisotopic (exact) mass is 331 g/mol. The molecule has 0 saturated carbocycles. The molecule has 2 fully saturated rings. The van der Waals surface area contributed by atoms with Crippen LogP contribution >= 0.6 is 0 Å². The Kier molecular flexibility index (Phi) is 6.70. The largest absolute Gasteiger partial charge is 0.393 e. The number of rotatable bonds is 9. The summed E-state index contributed by atoms with van der Waals surface area (Å²) in [6.45, 7) is 3.14. The highest BCUT2D eigenvalue weighted by Gasteiger charge is 2.47. The number of hydrogen-bond donors (Lipinski definition) is 1. The summed E-state index contributed by atoms with van der Waals surface area (Å²) in [6.07, 6.45) is 11.2. The van der Waals surface area contributed by atoms with Crippen LogP contribution in [0.5, 0.6) is 0 Å². The van der Waals surface area contributed by atoms with Gasteiger partial charge in [0.1, 0.15) is 6.10 Å². The van der Waals surface area contributed by atoms with Crippen molar-refractivity contribution in [2.75, 3.05) is 6.54 Å². The standard InChI is InChI=1S/C21H33NO2/c1-2-3-4-5-6-7-11-14-18-15-20(23)19-16-22(18)24-21(19)17-12-9-8-10-13-17/h8-10,12-13,18-21,23H,2-7,11,14-16H2,1H3/t18-,19-,20+,21-/m1/s1. The Labute approximate surface area is 147 Å². The fourth-order valence-corrected chi connectivity index (χ4v) is 4.25. The Balaban J connectivity index is 1.45. The number of hydroxylamine groups is 2. The van der Waals surface area contributed by atoms with Crippen molar-refractivity contribution in [1.82, 2.24) is 5.06 Å². The molecule has 2 aliphatic heterocycles. The summed E-state index contributed by atoms with van der Waals surface area (Å²) in [7, 11) is 0. The molecule has 0 aromatic heterocycles. The second kappa shape index (κ2) is 8.98. The predicted octanol–water partition coefficient (Wildman–Crippen LogP) is 4.87. The van der Waals surface area contributed by atoms with Gasteiger partial charge in [0.2, 0.25) is 0 Å². The zero-order valence-electron chi connectivity index (χ0n) is 15.1. The van der Waals surface area contributed by atoms with Gasteiger partial charge in [-0.2, -0.15) is 5.06 Å². The van der Waals surface area contributed by atoms with Crippen molar-refractivity contribution < 1.29 is 9.94 Å². The summed E-state index contributed by atoms with van der Waals surface area (Å²) in [5.74, 6) is 0.220. The number of fused-ring (bicyclic) bond motifs is 2. The van der Waals surface area contributed by atoms with E-state index in [-0.39, 0.29) is 18.1 Å². The molecule has 3 nitrogen and oxygen atoms in total. The van der Waals surface area contributed by atoms with Crippen LogP contribution < -0.4 is 0 Å². The number of benzene rings is 1. The summed E-state index contributed by atoms with van der Waals surface area (Å²) in [6, 6.07) is 10.8. The van der Waals surface area contributed by atoms with Crippen molar-refractivity contribution in [2.24, 2.45) is 5.92 Å². The molecule has 2 saturated heterocycles. The molecule has 2 aliphatic rings. The third kappa shape index (κ3) is 4.38. The Morgan fingerprint density at radius 1 is 1.04 bits per heavy atom. The Hall–Kier alpha value is -0.900. The molecule has 1 N–H and O–H groups in total. The van der Waals surface area contributed by atoms with E-state index in [1.54, 1.807) is 0 Å². The third-order valence-corrected chi connectivity index (χ3v) is 5.71. The SMILES string of the molecule is CCCCCCCCC[C@@H]1C[C@H](O)[C@H]2CN1O[C@@H]2c1ccccc1. The van der Waals surface area contributed by atoms with Crippen molar-refractivity contribution >= 4 is 0 Å². The maximum atomic E-state index is 10.6. The quantitative estimate of drug-likeness (QED) is 0.656. The van der Waals surface area contributed by atoms with Gasteiger partial charge in [0.05, 0.1) is 6.10 Å². The van der Waals surface area contributed by atoms with Gasteiger partial charge in [0.25, 0.3) is 0 Å². The van der Waals surface area contributed by atoms with Gasteiger partial charge in [-0.05, 0) is 18.4 Å². The fourth-order valence-electron chi connectivity index (χ4n) is 4.25. The lowest BCUT2D eigenvalue weighted by atomic mass is 9.84. The van der Waals surface area contributed by atoms with Gasteiger partial charge in [-0.25, -0.2) is 0 Å². The maximum Gasteiger partial charge on any atom is 0.111 e. The van der Waals surface area contributed by atoms with Gasteiger partial charge in [-0.3, -0.25) is 4.84 Å². The summed E-state index contributed by atoms with van der Waals surface area (Å²) in [5, 5.41) is 12.8. The minimum absolute atomic E-state index is 0.0280. The normalized spacial score (nSPS) is 32.2. The molecule has 3 heteroatoms. The molecule has 5 atom stereocenters. The van der Waals surface area contributed by atoms with Crippen molar-refractivity contribution in [3.63, 3.8) is 0 Å². The van der Waals surface area contributed by atoms with Crippen LogP contribution in [0.3, 0.4) is 0 Å². The number of piperidine rings is 1. The fraction of sp³-hybridized carbons (Fsp3) is 0.714. The highest BCUT2D eigenvalue weighted by atomic mass is 16.7. The molecule has 0 spiro atoms. The number of aliphatic hydroxyl groups excluding tert-OH is 1. The van der Waals surface area contributed by atoms with Crippen LogP contribution in [-0.4, -0.2) is 28.9 Å². The van der Waals surface area contributed by atoms with Crippen molar-refractivity contribution in [2.45, 2.75) is 83.0 Å². The lowest BCUT2D eigenvalue weighted by molar-refractivity contribution is -0.175. The average Bonchev–Trinajstić information content (AvgIpc) is 3.00. The first-order valence-corrected chi connectivity index (χ1v) is 9.96. The lowest BCUT2D eigenvalue weighted by Gasteiger charge is -2.32. The van der Waals surface area contributed by atoms with E-state index in [0.717, 1.165) is 19.4 Å². The van der Waals surface area contributed by atoms with Crippen LogP contribution in [-0.2, 0) is 4.84 Å². The topological polar surface area (TPSA) is 32.7 Å². The van der Waals surface area contributed by atoms with Gasteiger partial charge < -0.3 is 5.11 Å². The van der Waals surface area contributed by atoms with Crippen molar-refractivity contribution in [3.8, 4) is 0 Å². The van der Waals surface area contributed by atoms with E-state index in [0.29, 0.717) is 6.04 Å². The van der Waals surface area contributed by atoms with Gasteiger partial charge in [-0.1, -0.05) is 82.2 Å². The maximum absolute atomic E-state index is 10.6. The summed E-state index contributed by atoms with van der Waals surface area (Å²) >= 11 is 0. The van der Waals surface area contributed by atoms with Crippen LogP contribution in [0.4, 0.5) is 0 Å². The van der Waals surface area contributed by atoms with E-state index < -0.39 is 0 Å². The molecule has 2 heterocycles. The molecule has 1 unspecified atom stereocenters. The molecule has 2 bridgehead atoms. The van der Waals surface area contributed by atoms with Gasteiger partial charge in [0, 0.05) is 18.5 Å². The zero-order chi connectivity index (χ0) is 16.8. The van der Waals surface area contributed by atoms with E-state index in [1.165, 1.54) is 50.5 Å². The molecule has 134 valence electrons. The highest BCUT2D eigenvalue weighted by Crippen LogP contribution is 2.43. The van der Waals surface area contributed by atoms with Crippen LogP contribution in [0.15, 0.2) is 30.3 Å². The predicted molar refractivity (Wildman–Crippen MR) is 97.5 cm³/mol. The number of aliphatic hydroxyl groups is 1. The van der Waals surface area contributed by atoms with Gasteiger partial charge in [0.15, 0.2) is 0 Å². The molecule has 0 radical (unpaired) electrons. The van der Waals surface area contributed by atoms with E-state index >= 15 is 0 Å². The van der Waals surface area contributed by atoms with E-state index in [4.69, 9.17) is 4.84 Å². The van der Waals surface area contributed by atoms with Gasteiger partial charge in [-0.15, -0.1) is 0 Å². The lowest BCUT2D eigenvalue weighted by Crippen LogP contribution is -2.42. The molecule has 3 rings (SSSR count). The second-order valence-electron chi connectivity index (χ2n) is 7.57. The van der Waals surface area contributed by atoms with E-state index in [2.05, 4.69) is 36.3 Å². The molecule has 1 aromatic carbocycles. The van der Waals surface area contributed by atoms with Crippen LogP contribution in [0.2, 0.25) is 0 Å². The molecule has 0 aliphatic carbocycles. The number of nitrogens with zero attached hydrogens (tertiary/aromatic N) is 1. The van der Waals surface area contributed by atoms with Crippen LogP contribution in [0.1, 0.15) is 76.4 Å². The van der Waals surface area contributed by atoms with Crippen LogP contribution in [0.25, 0.3) is 0 Å². The Bertz CT molecular complexity index is 478. The molecule has 1 aromatic rings. The first-order valence-electron chi connectivity index (χ1n) is 9.96. The summed E-state index contributed by atoms with van der Waals surface area (Å²) in [4.78, 5) is 6.24. The first-order chi connectivity index (χ1) is 11.8. The molecule has 0 amide bonds. The molecular formula is C21H33NO2. The highest BCUT2D eigenvalue weighted by molar-refractivity contribution is 5.20. The first kappa shape index (κ1) is 17.9. The van der Waals surface area contributed by atoms with E-state index in [9.17, 15) is 5.11 Å². The van der Waals surface area contributed by atoms with Crippen molar-refractivity contribution in [1.29, 1.82) is 0 Å². The molecule has 24 heavy (non-hydrogen) atoms. The van der Waals surface area contributed by atoms with E-state index in [1.807, 2.05) is 6.07 Å². The third-order valence-electron chi connectivity index (χ3n) is 5.71. The minimum atomic E-state index is -0.233. The molecular weight excluding hydrogens is 298 g/mol. The smallest absolute Gasteiger partial charge is 0.111 e. The zero-order valence-corrected chi connectivity index (χ0v) is 15.1. The van der Waals surface area contributed by atoms with Gasteiger partial charge >= 0.3 is 0 Å². The number of unbranched alkanes of at least 4 members (excludes halogenated alkanes) is 6. The Morgan fingerprint density at radius 3 is 2.50 bits per heavy atom. The minimum Gasteiger partial charge on any atom is -0.393 e. The van der Waals surface area contributed by atoms with Crippen LogP contribution in [0, 0.1) is 5.92 Å². The second-order valence-corrected chi connectivity index (χ2v) is 7.57. The summed E-state index contributed by atoms with van der Waals surface area (Å²) in [5.41, 5.74) is 1.20. The van der Waals surface area contributed by atoms with Crippen molar-refractivity contribution in [3.05, 3.63) is 35.9 Å².